The number of fused-ring (bicyclic) bond motifs is 1. The van der Waals surface area contributed by atoms with Gasteiger partial charge in [0.05, 0.1) is 10.2 Å². The molecule has 0 fully saturated rings. The number of nitrogens with zero attached hydrogens (tertiary/aromatic N) is 4. The summed E-state index contributed by atoms with van der Waals surface area (Å²) >= 11 is 6.67. The zero-order valence-electron chi connectivity index (χ0n) is 15.0. The molecule has 0 radical (unpaired) electrons. The Balaban J connectivity index is 1.57. The predicted molar refractivity (Wildman–Crippen MR) is 110 cm³/mol. The highest BCUT2D eigenvalue weighted by Gasteiger charge is 2.22. The molecule has 4 aromatic rings. The van der Waals surface area contributed by atoms with Crippen LogP contribution in [0, 0.1) is 3.95 Å². The minimum Gasteiger partial charge on any atom is -0.410 e. The smallest absolute Gasteiger partial charge is 0.410 e. The van der Waals surface area contributed by atoms with E-state index in [9.17, 15) is 4.79 Å². The molecule has 0 atom stereocenters. The van der Waals surface area contributed by atoms with E-state index in [1.165, 1.54) is 11.3 Å². The number of anilines is 1. The van der Waals surface area contributed by atoms with Gasteiger partial charge in [-0.25, -0.2) is 4.79 Å². The molecule has 4 rings (SSSR count). The lowest BCUT2D eigenvalue weighted by Gasteiger charge is -2.26. The number of ether oxygens (including phenoxy) is 1. The molecular weight excluding hydrogens is 396 g/mol. The second-order valence-electron chi connectivity index (χ2n) is 6.29. The Hall–Kier alpha value is -3.11. The van der Waals surface area contributed by atoms with Gasteiger partial charge in [-0.3, -0.25) is 4.90 Å². The van der Waals surface area contributed by atoms with Crippen LogP contribution < -0.4 is 9.64 Å². The lowest BCUT2D eigenvalue weighted by Crippen LogP contribution is -2.39. The largest absolute Gasteiger partial charge is 0.419 e. The van der Waals surface area contributed by atoms with Crippen LogP contribution in [0.15, 0.2) is 42.5 Å². The van der Waals surface area contributed by atoms with Crippen LogP contribution in [0.25, 0.3) is 21.6 Å². The van der Waals surface area contributed by atoms with Crippen molar-refractivity contribution in [3.05, 3.63) is 46.4 Å². The Morgan fingerprint density at radius 2 is 2.00 bits per heavy atom. The lowest BCUT2D eigenvalue weighted by atomic mass is 10.2. The van der Waals surface area contributed by atoms with E-state index in [1.54, 1.807) is 29.2 Å². The topological polar surface area (TPSA) is 99.8 Å². The molecule has 0 aliphatic rings. The predicted octanol–water partition coefficient (Wildman–Crippen LogP) is 4.55. The zero-order chi connectivity index (χ0) is 19.7. The molecule has 0 bridgehead atoms. The number of amides is 1. The molecule has 1 amide bonds. The summed E-state index contributed by atoms with van der Waals surface area (Å²) in [5, 5.41) is 13.8. The second-order valence-corrected chi connectivity index (χ2v) is 8.01. The van der Waals surface area contributed by atoms with Crippen LogP contribution in [0.4, 0.5) is 10.5 Å². The first-order chi connectivity index (χ1) is 13.5. The van der Waals surface area contributed by atoms with Crippen LogP contribution in [0.1, 0.15) is 13.8 Å². The molecule has 0 aliphatic heterocycles. The van der Waals surface area contributed by atoms with Gasteiger partial charge in [-0.15, -0.1) is 21.5 Å². The first-order valence-corrected chi connectivity index (χ1v) is 9.71. The Kier molecular flexibility index (Phi) is 4.88. The lowest BCUT2D eigenvalue weighted by molar-refractivity contribution is 0.206. The summed E-state index contributed by atoms with van der Waals surface area (Å²) < 4.78 is 7.27. The van der Waals surface area contributed by atoms with Crippen molar-refractivity contribution in [1.29, 1.82) is 0 Å². The molecular formula is C18H16N6O2S2. The van der Waals surface area contributed by atoms with Crippen molar-refractivity contribution in [2.24, 2.45) is 0 Å². The minimum absolute atomic E-state index is 0.0875. The first kappa shape index (κ1) is 18.3. The number of H-pyrrole nitrogens is 2. The van der Waals surface area contributed by atoms with Crippen molar-refractivity contribution >= 4 is 45.6 Å². The van der Waals surface area contributed by atoms with Gasteiger partial charge in [0.2, 0.25) is 5.82 Å². The third-order valence-electron chi connectivity index (χ3n) is 4.06. The monoisotopic (exact) mass is 412 g/mol. The molecule has 8 nitrogen and oxygen atoms in total. The van der Waals surface area contributed by atoms with E-state index in [1.807, 2.05) is 32.0 Å². The number of nitrogens with one attached hydrogen (secondary N) is 2. The van der Waals surface area contributed by atoms with Gasteiger partial charge in [0.25, 0.3) is 0 Å². The Morgan fingerprint density at radius 1 is 1.21 bits per heavy atom. The van der Waals surface area contributed by atoms with E-state index in [4.69, 9.17) is 17.0 Å². The number of thiazole rings is 1. The van der Waals surface area contributed by atoms with Crippen LogP contribution in [-0.4, -0.2) is 37.7 Å². The van der Waals surface area contributed by atoms with Gasteiger partial charge >= 0.3 is 6.09 Å². The average Bonchev–Trinajstić information content (AvgIpc) is 3.30. The maximum atomic E-state index is 12.8. The van der Waals surface area contributed by atoms with Gasteiger partial charge in [0.1, 0.15) is 5.75 Å². The number of carbonyl (C=O) groups is 1. The van der Waals surface area contributed by atoms with Crippen molar-refractivity contribution in [3.63, 3.8) is 0 Å². The third-order valence-corrected chi connectivity index (χ3v) is 5.26. The first-order valence-electron chi connectivity index (χ1n) is 8.49. The van der Waals surface area contributed by atoms with Crippen molar-refractivity contribution in [1.82, 2.24) is 25.6 Å². The molecule has 2 heterocycles. The molecule has 0 aliphatic carbocycles. The van der Waals surface area contributed by atoms with Gasteiger partial charge < -0.3 is 9.72 Å². The Bertz CT molecular complexity index is 1160. The quantitative estimate of drug-likeness (QED) is 0.477. The number of tetrazole rings is 1. The van der Waals surface area contributed by atoms with Crippen LogP contribution in [-0.2, 0) is 0 Å². The summed E-state index contributed by atoms with van der Waals surface area (Å²) in [4.78, 5) is 17.6. The summed E-state index contributed by atoms with van der Waals surface area (Å²) in [5.41, 5.74) is 2.47. The standard InChI is InChI=1S/C18H16N6O2S2/c1-10(2)24(12-5-8-14-15(9-12)28-17(27)19-14)18(25)26-13-6-3-11(4-7-13)16-20-22-23-21-16/h3-10H,1-2H3,(H,19,27)(H,20,21,22,23). The minimum atomic E-state index is -0.458. The zero-order valence-corrected chi connectivity index (χ0v) is 16.7. The summed E-state index contributed by atoms with van der Waals surface area (Å²) in [7, 11) is 0. The van der Waals surface area contributed by atoms with Gasteiger partial charge in [-0.05, 0) is 73.7 Å². The number of hydrogen-bond acceptors (Lipinski definition) is 7. The summed E-state index contributed by atoms with van der Waals surface area (Å²) in [6, 6.07) is 12.6. The van der Waals surface area contributed by atoms with Gasteiger partial charge in [-0.1, -0.05) is 0 Å². The van der Waals surface area contributed by atoms with Crippen LogP contribution >= 0.6 is 23.6 Å². The molecule has 0 unspecified atom stereocenters. The summed E-state index contributed by atoms with van der Waals surface area (Å²) in [6.45, 7) is 3.87. The van der Waals surface area contributed by atoms with E-state index in [0.29, 0.717) is 15.5 Å². The third kappa shape index (κ3) is 3.64. The molecule has 28 heavy (non-hydrogen) atoms. The van der Waals surface area contributed by atoms with E-state index in [0.717, 1.165) is 21.5 Å². The molecule has 2 N–H and O–H groups in total. The normalized spacial score (nSPS) is 11.1. The van der Waals surface area contributed by atoms with Crippen LogP contribution in [0.3, 0.4) is 0 Å². The van der Waals surface area contributed by atoms with Crippen molar-refractivity contribution < 1.29 is 9.53 Å². The highest BCUT2D eigenvalue weighted by molar-refractivity contribution is 7.73. The molecule has 0 spiro atoms. The fraction of sp³-hybridized carbons (Fsp3) is 0.167. The van der Waals surface area contributed by atoms with E-state index >= 15 is 0 Å². The van der Waals surface area contributed by atoms with Crippen molar-refractivity contribution in [2.75, 3.05) is 4.90 Å². The van der Waals surface area contributed by atoms with E-state index in [2.05, 4.69) is 25.6 Å². The van der Waals surface area contributed by atoms with E-state index < -0.39 is 6.09 Å². The van der Waals surface area contributed by atoms with Gasteiger partial charge in [0.15, 0.2) is 3.95 Å². The molecule has 10 heteroatoms. The number of rotatable bonds is 4. The highest BCUT2D eigenvalue weighted by Crippen LogP contribution is 2.28. The SMILES string of the molecule is CC(C)N(C(=O)Oc1ccc(-c2nn[nH]n2)cc1)c1ccc2[nH]c(=S)sc2c1. The van der Waals surface area contributed by atoms with Crippen molar-refractivity contribution in [3.8, 4) is 17.1 Å². The Morgan fingerprint density at radius 3 is 2.68 bits per heavy atom. The fourth-order valence-corrected chi connectivity index (χ4v) is 3.95. The van der Waals surface area contributed by atoms with Gasteiger partial charge in [0, 0.05) is 17.3 Å². The number of carbonyl (C=O) groups excluding carboxylic acids is 1. The average molecular weight is 413 g/mol. The van der Waals surface area contributed by atoms with E-state index in [-0.39, 0.29) is 6.04 Å². The Labute approximate surface area is 169 Å². The van der Waals surface area contributed by atoms with Gasteiger partial charge in [-0.2, -0.15) is 5.21 Å². The number of benzene rings is 2. The maximum absolute atomic E-state index is 12.8. The maximum Gasteiger partial charge on any atom is 0.419 e. The van der Waals surface area contributed by atoms with Crippen LogP contribution in [0.5, 0.6) is 5.75 Å². The molecule has 2 aromatic carbocycles. The molecule has 2 aromatic heterocycles. The number of aromatic amines is 2. The summed E-state index contributed by atoms with van der Waals surface area (Å²) in [6.07, 6.45) is -0.458. The highest BCUT2D eigenvalue weighted by atomic mass is 32.1. The fourth-order valence-electron chi connectivity index (χ4n) is 2.80. The van der Waals surface area contributed by atoms with Crippen LogP contribution in [0.2, 0.25) is 0 Å². The second kappa shape index (κ2) is 7.49. The number of hydrogen-bond donors (Lipinski definition) is 2. The van der Waals surface area contributed by atoms with Crippen molar-refractivity contribution in [2.45, 2.75) is 19.9 Å². The summed E-state index contributed by atoms with van der Waals surface area (Å²) in [5.74, 6) is 0.908. The number of aromatic nitrogens is 5. The molecule has 142 valence electrons. The molecule has 0 saturated heterocycles. The molecule has 0 saturated carbocycles.